The Morgan fingerprint density at radius 3 is 2.58 bits per heavy atom. The molecule has 0 saturated heterocycles. The number of nitriles is 1. The van der Waals surface area contributed by atoms with Gasteiger partial charge in [-0.1, -0.05) is 41.0 Å². The van der Waals surface area contributed by atoms with E-state index >= 15 is 0 Å². The van der Waals surface area contributed by atoms with E-state index in [1.807, 2.05) is 36.4 Å². The topological polar surface area (TPSA) is 106 Å². The maximum Gasteiger partial charge on any atom is 0.221 e. The lowest BCUT2D eigenvalue weighted by molar-refractivity contribution is 0.664. The fourth-order valence-electron chi connectivity index (χ4n) is 3.22. The summed E-state index contributed by atoms with van der Waals surface area (Å²) >= 11 is 0. The van der Waals surface area contributed by atoms with Gasteiger partial charge in [0.1, 0.15) is 7.85 Å². The van der Waals surface area contributed by atoms with Crippen LogP contribution in [0.5, 0.6) is 0 Å². The van der Waals surface area contributed by atoms with Gasteiger partial charge in [-0.3, -0.25) is 0 Å². The van der Waals surface area contributed by atoms with E-state index in [0.717, 1.165) is 16.7 Å². The number of fused-ring (bicyclic) bond motifs is 1. The minimum atomic E-state index is 0.454. The van der Waals surface area contributed by atoms with Gasteiger partial charge < -0.3 is 0 Å². The predicted octanol–water partition coefficient (Wildman–Crippen LogP) is 2.06. The maximum absolute atomic E-state index is 9.15. The monoisotopic (exact) mass is 400 g/mol. The zero-order chi connectivity index (χ0) is 21.2. The molecule has 0 fully saturated rings. The molecule has 0 spiro atoms. The standard InChI is InChI=1S/C22H13BN8/c23-18-10-25-20(26-11-18)17-6-2-4-15(8-17)13-31-22-21(29-30-31)27-12-19(28-22)16-5-1-3-14(7-16)9-24/h1-8,10-12H,13H2. The van der Waals surface area contributed by atoms with Crippen LogP contribution in [0.4, 0.5) is 0 Å². The molecule has 0 N–H and O–H groups in total. The van der Waals surface area contributed by atoms with E-state index in [2.05, 4.69) is 31.3 Å². The van der Waals surface area contributed by atoms with Gasteiger partial charge in [0.25, 0.3) is 0 Å². The number of nitrogens with zero attached hydrogens (tertiary/aromatic N) is 8. The van der Waals surface area contributed by atoms with Gasteiger partial charge in [-0.2, -0.15) is 5.26 Å². The van der Waals surface area contributed by atoms with Crippen LogP contribution in [-0.2, 0) is 6.54 Å². The molecule has 144 valence electrons. The Morgan fingerprint density at radius 2 is 1.74 bits per heavy atom. The molecule has 3 aromatic heterocycles. The van der Waals surface area contributed by atoms with Gasteiger partial charge >= 0.3 is 0 Å². The summed E-state index contributed by atoms with van der Waals surface area (Å²) in [4.78, 5) is 17.6. The molecule has 0 aliphatic carbocycles. The Bertz CT molecular complexity index is 1440. The predicted molar refractivity (Wildman–Crippen MR) is 115 cm³/mol. The number of aromatic nitrogens is 7. The molecule has 0 atom stereocenters. The maximum atomic E-state index is 9.15. The minimum absolute atomic E-state index is 0.454. The molecule has 2 radical (unpaired) electrons. The molecule has 3 heterocycles. The van der Waals surface area contributed by atoms with Gasteiger partial charge in [-0.05, 0) is 23.8 Å². The number of hydrogen-bond acceptors (Lipinski definition) is 7. The Hall–Kier alpha value is -4.45. The second-order valence-electron chi connectivity index (χ2n) is 6.88. The molecule has 2 aromatic carbocycles. The summed E-state index contributed by atoms with van der Waals surface area (Å²) in [6.45, 7) is 0.454. The van der Waals surface area contributed by atoms with E-state index in [-0.39, 0.29) is 0 Å². The van der Waals surface area contributed by atoms with Gasteiger partial charge in [0.15, 0.2) is 11.5 Å². The Balaban J connectivity index is 1.49. The Kier molecular flexibility index (Phi) is 4.65. The van der Waals surface area contributed by atoms with Gasteiger partial charge in [0, 0.05) is 23.5 Å². The van der Waals surface area contributed by atoms with Crippen LogP contribution in [0, 0.1) is 11.3 Å². The third kappa shape index (κ3) is 3.74. The first-order chi connectivity index (χ1) is 15.2. The second kappa shape index (κ2) is 7.76. The van der Waals surface area contributed by atoms with Crippen molar-refractivity contribution in [3.05, 3.63) is 78.2 Å². The first-order valence-electron chi connectivity index (χ1n) is 9.43. The summed E-state index contributed by atoms with van der Waals surface area (Å²) in [6.07, 6.45) is 4.80. The molecular formula is C22H13BN8. The van der Waals surface area contributed by atoms with Crippen LogP contribution >= 0.6 is 0 Å². The van der Waals surface area contributed by atoms with Crippen molar-refractivity contribution in [2.24, 2.45) is 0 Å². The summed E-state index contributed by atoms with van der Waals surface area (Å²) in [7, 11) is 5.68. The fourth-order valence-corrected chi connectivity index (χ4v) is 3.22. The highest BCUT2D eigenvalue weighted by Gasteiger charge is 2.11. The normalized spacial score (nSPS) is 10.8. The SMILES string of the molecule is [B]c1cnc(-c2cccc(Cn3nnc4ncc(-c5cccc(C#N)c5)nc43)c2)nc1. The van der Waals surface area contributed by atoms with Crippen molar-refractivity contribution < 1.29 is 0 Å². The molecule has 5 aromatic rings. The van der Waals surface area contributed by atoms with Gasteiger partial charge in [-0.15, -0.1) is 5.10 Å². The Labute approximate surface area is 178 Å². The second-order valence-corrected chi connectivity index (χ2v) is 6.88. The van der Waals surface area contributed by atoms with Crippen LogP contribution in [0.15, 0.2) is 67.1 Å². The molecule has 9 heteroatoms. The van der Waals surface area contributed by atoms with Crippen molar-refractivity contribution in [3.8, 4) is 28.7 Å². The molecule has 0 unspecified atom stereocenters. The van der Waals surface area contributed by atoms with Crippen LogP contribution < -0.4 is 5.46 Å². The van der Waals surface area contributed by atoms with E-state index < -0.39 is 0 Å². The van der Waals surface area contributed by atoms with Crippen molar-refractivity contribution in [3.63, 3.8) is 0 Å². The first kappa shape index (κ1) is 18.6. The zero-order valence-electron chi connectivity index (χ0n) is 16.2. The molecule has 0 bridgehead atoms. The Morgan fingerprint density at radius 1 is 0.935 bits per heavy atom. The average molecular weight is 400 g/mol. The molecule has 0 aliphatic rings. The lowest BCUT2D eigenvalue weighted by Gasteiger charge is -2.06. The molecule has 0 saturated carbocycles. The zero-order valence-corrected chi connectivity index (χ0v) is 16.2. The van der Waals surface area contributed by atoms with Crippen molar-refractivity contribution in [2.75, 3.05) is 0 Å². The van der Waals surface area contributed by atoms with Gasteiger partial charge in [0.05, 0.1) is 30.1 Å². The largest absolute Gasteiger partial charge is 0.237 e. The summed E-state index contributed by atoms with van der Waals surface area (Å²) in [5.41, 5.74) is 5.43. The quantitative estimate of drug-likeness (QED) is 0.425. The van der Waals surface area contributed by atoms with Crippen LogP contribution in [-0.4, -0.2) is 42.8 Å². The smallest absolute Gasteiger partial charge is 0.221 e. The van der Waals surface area contributed by atoms with Crippen LogP contribution in [0.1, 0.15) is 11.1 Å². The highest BCUT2D eigenvalue weighted by atomic mass is 15.4. The average Bonchev–Trinajstić information content (AvgIpc) is 3.21. The van der Waals surface area contributed by atoms with Crippen LogP contribution in [0.25, 0.3) is 33.9 Å². The van der Waals surface area contributed by atoms with Crippen LogP contribution in [0.3, 0.4) is 0 Å². The fraction of sp³-hybridized carbons (Fsp3) is 0.0455. The molecule has 0 amide bonds. The number of benzene rings is 2. The van der Waals surface area contributed by atoms with E-state index in [1.165, 1.54) is 0 Å². The summed E-state index contributed by atoms with van der Waals surface area (Å²) in [6, 6.07) is 17.2. The third-order valence-electron chi connectivity index (χ3n) is 4.70. The third-order valence-corrected chi connectivity index (χ3v) is 4.70. The van der Waals surface area contributed by atoms with Crippen molar-refractivity contribution in [1.29, 1.82) is 5.26 Å². The molecule has 31 heavy (non-hydrogen) atoms. The minimum Gasteiger partial charge on any atom is -0.237 e. The summed E-state index contributed by atoms with van der Waals surface area (Å²) in [5.74, 6) is 0.596. The van der Waals surface area contributed by atoms with Crippen molar-refractivity contribution in [2.45, 2.75) is 6.54 Å². The highest BCUT2D eigenvalue weighted by molar-refractivity contribution is 6.31. The first-order valence-corrected chi connectivity index (χ1v) is 9.43. The van der Waals surface area contributed by atoms with E-state index in [0.29, 0.717) is 40.4 Å². The molecule has 5 rings (SSSR count). The number of hydrogen-bond donors (Lipinski definition) is 0. The molecule has 8 nitrogen and oxygen atoms in total. The van der Waals surface area contributed by atoms with Crippen LogP contribution in [0.2, 0.25) is 0 Å². The van der Waals surface area contributed by atoms with E-state index in [9.17, 15) is 0 Å². The van der Waals surface area contributed by atoms with E-state index in [4.69, 9.17) is 18.1 Å². The van der Waals surface area contributed by atoms with Crippen molar-refractivity contribution in [1.82, 2.24) is 34.9 Å². The number of rotatable bonds is 4. The lowest BCUT2D eigenvalue weighted by atomic mass is 10.0. The summed E-state index contributed by atoms with van der Waals surface area (Å²) in [5, 5.41) is 17.5. The van der Waals surface area contributed by atoms with Gasteiger partial charge in [-0.25, -0.2) is 24.6 Å². The molecule has 0 aliphatic heterocycles. The van der Waals surface area contributed by atoms with Crippen molar-refractivity contribution >= 4 is 24.6 Å². The highest BCUT2D eigenvalue weighted by Crippen LogP contribution is 2.21. The molecular weight excluding hydrogens is 387 g/mol. The summed E-state index contributed by atoms with van der Waals surface area (Å²) < 4.78 is 1.70. The van der Waals surface area contributed by atoms with Gasteiger partial charge in [0.2, 0.25) is 5.65 Å². The van der Waals surface area contributed by atoms with E-state index in [1.54, 1.807) is 35.4 Å². The lowest BCUT2D eigenvalue weighted by Crippen LogP contribution is -2.06.